The molecule has 0 bridgehead atoms. The second-order valence-corrected chi connectivity index (χ2v) is 7.87. The number of nitrogens with zero attached hydrogens (tertiary/aromatic N) is 5. The first-order valence-electron chi connectivity index (χ1n) is 10.2. The summed E-state index contributed by atoms with van der Waals surface area (Å²) in [7, 11) is 0. The van der Waals surface area contributed by atoms with Gasteiger partial charge in [-0.2, -0.15) is 10.2 Å². The van der Waals surface area contributed by atoms with Crippen LogP contribution in [0.5, 0.6) is 5.75 Å². The maximum Gasteiger partial charge on any atom is 0.244 e. The Hall–Kier alpha value is -2.91. The quantitative estimate of drug-likeness (QED) is 0.601. The standard InChI is InChI=1S/C21H25ClN6O3/c1-14-23-15(2)28(26-14)13-21(29)27-7-9-31-20(12-27)19-11-17(24-25-19)6-8-30-18-5-3-4-16(22)10-18/h3-5,10-11,20H,6-9,12-13H2,1-2H3,(H,24,25)/t20-/m1/s1. The van der Waals surface area contributed by atoms with E-state index in [0.717, 1.165) is 23.0 Å². The number of hydrogen-bond acceptors (Lipinski definition) is 6. The molecule has 0 radical (unpaired) electrons. The molecule has 4 rings (SSSR count). The van der Waals surface area contributed by atoms with Crippen molar-refractivity contribution in [3.63, 3.8) is 0 Å². The SMILES string of the molecule is Cc1nc(C)n(CC(=O)N2CCO[C@@H](c3cc(CCOc4cccc(Cl)c4)[nH]n3)C2)n1. The molecule has 10 heteroatoms. The number of benzene rings is 1. The van der Waals surface area contributed by atoms with Crippen LogP contribution in [0.3, 0.4) is 0 Å². The number of morpholine rings is 1. The van der Waals surface area contributed by atoms with Crippen LogP contribution in [0.4, 0.5) is 0 Å². The fraction of sp³-hybridized carbons (Fsp3) is 0.429. The highest BCUT2D eigenvalue weighted by Crippen LogP contribution is 2.22. The average molecular weight is 445 g/mol. The summed E-state index contributed by atoms with van der Waals surface area (Å²) in [5.41, 5.74) is 1.72. The molecule has 1 fully saturated rings. The number of ether oxygens (including phenoxy) is 2. The topological polar surface area (TPSA) is 98.2 Å². The van der Waals surface area contributed by atoms with Gasteiger partial charge in [0.1, 0.15) is 30.0 Å². The van der Waals surface area contributed by atoms with Crippen LogP contribution in [0.25, 0.3) is 0 Å². The van der Waals surface area contributed by atoms with Crippen LogP contribution in [0.2, 0.25) is 5.02 Å². The number of carbonyl (C=O) groups is 1. The Kier molecular flexibility index (Phi) is 6.53. The van der Waals surface area contributed by atoms with Gasteiger partial charge in [0.05, 0.1) is 25.5 Å². The van der Waals surface area contributed by atoms with Crippen LogP contribution in [-0.2, 0) is 22.5 Å². The van der Waals surface area contributed by atoms with Crippen LogP contribution >= 0.6 is 11.6 Å². The van der Waals surface area contributed by atoms with Gasteiger partial charge in [0.2, 0.25) is 5.91 Å². The van der Waals surface area contributed by atoms with Crippen LogP contribution in [0.1, 0.15) is 29.1 Å². The molecule has 2 aromatic heterocycles. The molecule has 0 saturated carbocycles. The molecule has 3 aromatic rings. The van der Waals surface area contributed by atoms with Gasteiger partial charge in [0.15, 0.2) is 0 Å². The van der Waals surface area contributed by atoms with Gasteiger partial charge in [-0.3, -0.25) is 9.89 Å². The summed E-state index contributed by atoms with van der Waals surface area (Å²) < 4.78 is 13.2. The minimum Gasteiger partial charge on any atom is -0.493 e. The van der Waals surface area contributed by atoms with Crippen molar-refractivity contribution in [2.24, 2.45) is 0 Å². The first kappa shape index (κ1) is 21.3. The minimum atomic E-state index is -0.268. The third-order valence-corrected chi connectivity index (χ3v) is 5.32. The average Bonchev–Trinajstić information content (AvgIpc) is 3.34. The van der Waals surface area contributed by atoms with Crippen molar-refractivity contribution in [2.45, 2.75) is 32.9 Å². The number of carbonyl (C=O) groups excluding carboxylic acids is 1. The molecule has 164 valence electrons. The van der Waals surface area contributed by atoms with Crippen molar-refractivity contribution in [1.29, 1.82) is 0 Å². The molecule has 31 heavy (non-hydrogen) atoms. The van der Waals surface area contributed by atoms with Crippen molar-refractivity contribution in [2.75, 3.05) is 26.3 Å². The van der Waals surface area contributed by atoms with Crippen molar-refractivity contribution in [3.8, 4) is 5.75 Å². The highest BCUT2D eigenvalue weighted by atomic mass is 35.5. The zero-order valence-electron chi connectivity index (χ0n) is 17.5. The van der Waals surface area contributed by atoms with Gasteiger partial charge in [-0.05, 0) is 38.1 Å². The number of aromatic nitrogens is 5. The molecule has 0 aliphatic carbocycles. The Morgan fingerprint density at radius 3 is 3.00 bits per heavy atom. The first-order chi connectivity index (χ1) is 15.0. The molecule has 0 spiro atoms. The number of amides is 1. The van der Waals surface area contributed by atoms with E-state index in [1.54, 1.807) is 15.6 Å². The lowest BCUT2D eigenvalue weighted by Gasteiger charge is -2.32. The fourth-order valence-corrected chi connectivity index (χ4v) is 3.68. The molecule has 1 atom stereocenters. The minimum absolute atomic E-state index is 0.00742. The van der Waals surface area contributed by atoms with E-state index in [1.165, 1.54) is 0 Å². The molecular formula is C21H25ClN6O3. The van der Waals surface area contributed by atoms with E-state index >= 15 is 0 Å². The Bertz CT molecular complexity index is 1050. The third-order valence-electron chi connectivity index (χ3n) is 5.08. The largest absolute Gasteiger partial charge is 0.493 e. The van der Waals surface area contributed by atoms with Crippen molar-refractivity contribution in [3.05, 3.63) is 58.4 Å². The van der Waals surface area contributed by atoms with Gasteiger partial charge >= 0.3 is 0 Å². The second-order valence-electron chi connectivity index (χ2n) is 7.44. The molecule has 3 heterocycles. The van der Waals surface area contributed by atoms with Crippen molar-refractivity contribution >= 4 is 17.5 Å². The first-order valence-corrected chi connectivity index (χ1v) is 10.6. The summed E-state index contributed by atoms with van der Waals surface area (Å²) in [5.74, 6) is 2.11. The van der Waals surface area contributed by atoms with Crippen molar-refractivity contribution < 1.29 is 14.3 Å². The van der Waals surface area contributed by atoms with E-state index in [0.29, 0.717) is 43.6 Å². The maximum atomic E-state index is 12.7. The lowest BCUT2D eigenvalue weighted by Crippen LogP contribution is -2.44. The highest BCUT2D eigenvalue weighted by Gasteiger charge is 2.27. The number of hydrogen-bond donors (Lipinski definition) is 1. The Balaban J connectivity index is 1.30. The van der Waals surface area contributed by atoms with Gasteiger partial charge in [-0.15, -0.1) is 0 Å². The number of aryl methyl sites for hydroxylation is 2. The van der Waals surface area contributed by atoms with Crippen LogP contribution in [-0.4, -0.2) is 62.1 Å². The van der Waals surface area contributed by atoms with Gasteiger partial charge in [0.25, 0.3) is 0 Å². The lowest BCUT2D eigenvalue weighted by atomic mass is 10.2. The summed E-state index contributed by atoms with van der Waals surface area (Å²) in [6.45, 7) is 5.79. The number of nitrogens with one attached hydrogen (secondary N) is 1. The molecular weight excluding hydrogens is 420 g/mol. The smallest absolute Gasteiger partial charge is 0.244 e. The number of rotatable bonds is 7. The summed E-state index contributed by atoms with van der Waals surface area (Å²) in [4.78, 5) is 18.8. The highest BCUT2D eigenvalue weighted by molar-refractivity contribution is 6.30. The van der Waals surface area contributed by atoms with Gasteiger partial charge in [0, 0.05) is 23.7 Å². The van der Waals surface area contributed by atoms with Crippen LogP contribution < -0.4 is 4.74 Å². The Morgan fingerprint density at radius 1 is 1.35 bits per heavy atom. The van der Waals surface area contributed by atoms with Crippen LogP contribution in [0, 0.1) is 13.8 Å². The predicted molar refractivity (Wildman–Crippen MR) is 114 cm³/mol. The Labute approximate surface area is 185 Å². The molecule has 1 N–H and O–H groups in total. The van der Waals surface area contributed by atoms with Crippen LogP contribution in [0.15, 0.2) is 30.3 Å². The molecule has 1 aliphatic heterocycles. The molecule has 0 unspecified atom stereocenters. The predicted octanol–water partition coefficient (Wildman–Crippen LogP) is 2.49. The molecule has 1 aromatic carbocycles. The fourth-order valence-electron chi connectivity index (χ4n) is 3.50. The van der Waals surface area contributed by atoms with E-state index in [2.05, 4.69) is 20.3 Å². The maximum absolute atomic E-state index is 12.7. The summed E-state index contributed by atoms with van der Waals surface area (Å²) in [6.07, 6.45) is 0.398. The van der Waals surface area contributed by atoms with Gasteiger partial charge in [-0.1, -0.05) is 17.7 Å². The number of H-pyrrole nitrogens is 1. The van der Waals surface area contributed by atoms with E-state index in [-0.39, 0.29) is 18.6 Å². The van der Waals surface area contributed by atoms with E-state index in [9.17, 15) is 4.79 Å². The van der Waals surface area contributed by atoms with Gasteiger partial charge < -0.3 is 14.4 Å². The molecule has 1 aliphatic rings. The van der Waals surface area contributed by atoms with E-state index in [1.807, 2.05) is 38.1 Å². The zero-order valence-corrected chi connectivity index (χ0v) is 18.3. The zero-order chi connectivity index (χ0) is 21.8. The summed E-state index contributed by atoms with van der Waals surface area (Å²) in [6, 6.07) is 9.27. The van der Waals surface area contributed by atoms with E-state index in [4.69, 9.17) is 21.1 Å². The third kappa shape index (κ3) is 5.42. The molecule has 1 amide bonds. The second kappa shape index (κ2) is 9.49. The summed E-state index contributed by atoms with van der Waals surface area (Å²) >= 11 is 5.97. The Morgan fingerprint density at radius 2 is 2.23 bits per heavy atom. The number of aromatic amines is 1. The van der Waals surface area contributed by atoms with E-state index < -0.39 is 0 Å². The van der Waals surface area contributed by atoms with Crippen molar-refractivity contribution in [1.82, 2.24) is 29.9 Å². The number of halogens is 1. The normalized spacial score (nSPS) is 16.5. The monoisotopic (exact) mass is 444 g/mol. The van der Waals surface area contributed by atoms with Gasteiger partial charge in [-0.25, -0.2) is 9.67 Å². The molecule has 9 nitrogen and oxygen atoms in total. The molecule has 1 saturated heterocycles. The lowest BCUT2D eigenvalue weighted by molar-refractivity contribution is -0.140. The summed E-state index contributed by atoms with van der Waals surface area (Å²) in [5, 5.41) is 12.3.